The number of nitrogens with zero attached hydrogens (tertiary/aromatic N) is 2. The third kappa shape index (κ3) is 3.86. The van der Waals surface area contributed by atoms with Gasteiger partial charge < -0.3 is 19.5 Å². The summed E-state index contributed by atoms with van der Waals surface area (Å²) in [6, 6.07) is 13.8. The SMILES string of the molecule is COc1ccc([C@H]2c3cccn3-c3sc4c(c3CN2C(=O)Nc2cc(F)ccc2F)CCCC4)cc1. The van der Waals surface area contributed by atoms with Crippen molar-refractivity contribution in [3.05, 3.63) is 99.7 Å². The first kappa shape index (κ1) is 22.8. The number of halogens is 2. The van der Waals surface area contributed by atoms with Crippen LogP contribution < -0.4 is 10.1 Å². The summed E-state index contributed by atoms with van der Waals surface area (Å²) in [6.07, 6.45) is 6.37. The molecular formula is C28H25F2N3O2S. The predicted octanol–water partition coefficient (Wildman–Crippen LogP) is 6.84. The van der Waals surface area contributed by atoms with E-state index in [-0.39, 0.29) is 5.69 Å². The van der Waals surface area contributed by atoms with E-state index in [0.29, 0.717) is 12.3 Å². The van der Waals surface area contributed by atoms with Crippen molar-refractivity contribution in [2.24, 2.45) is 0 Å². The molecule has 0 spiro atoms. The van der Waals surface area contributed by atoms with Gasteiger partial charge in [-0.3, -0.25) is 0 Å². The van der Waals surface area contributed by atoms with Crippen LogP contribution in [0.25, 0.3) is 5.00 Å². The monoisotopic (exact) mass is 505 g/mol. The van der Waals surface area contributed by atoms with E-state index in [2.05, 4.69) is 9.88 Å². The lowest BCUT2D eigenvalue weighted by Gasteiger charge is -2.31. The van der Waals surface area contributed by atoms with E-state index in [1.165, 1.54) is 16.9 Å². The highest BCUT2D eigenvalue weighted by Gasteiger charge is 2.36. The van der Waals surface area contributed by atoms with Gasteiger partial charge in [0.25, 0.3) is 0 Å². The average molecular weight is 506 g/mol. The van der Waals surface area contributed by atoms with Crippen LogP contribution in [0.5, 0.6) is 5.75 Å². The van der Waals surface area contributed by atoms with Crippen LogP contribution in [0.15, 0.2) is 60.8 Å². The van der Waals surface area contributed by atoms with Gasteiger partial charge in [0.2, 0.25) is 0 Å². The Bertz CT molecular complexity index is 1440. The Kier molecular flexibility index (Phi) is 5.76. The van der Waals surface area contributed by atoms with Crippen molar-refractivity contribution in [3.63, 3.8) is 0 Å². The number of thiophene rings is 1. The number of amides is 2. The van der Waals surface area contributed by atoms with Gasteiger partial charge in [0.1, 0.15) is 22.4 Å². The molecule has 0 radical (unpaired) electrons. The minimum Gasteiger partial charge on any atom is -0.497 e. The van der Waals surface area contributed by atoms with Crippen LogP contribution in [0, 0.1) is 11.6 Å². The topological polar surface area (TPSA) is 46.5 Å². The highest BCUT2D eigenvalue weighted by Crippen LogP contribution is 2.44. The molecule has 2 aromatic carbocycles. The second kappa shape index (κ2) is 9.09. The van der Waals surface area contributed by atoms with E-state index >= 15 is 0 Å². The van der Waals surface area contributed by atoms with E-state index in [1.54, 1.807) is 23.3 Å². The Morgan fingerprint density at radius 3 is 2.67 bits per heavy atom. The molecule has 0 bridgehead atoms. The third-order valence-electron chi connectivity index (χ3n) is 7.04. The van der Waals surface area contributed by atoms with Crippen molar-refractivity contribution in [2.45, 2.75) is 38.3 Å². The average Bonchev–Trinajstić information content (AvgIpc) is 3.48. The number of urea groups is 1. The van der Waals surface area contributed by atoms with Crippen LogP contribution in [-0.2, 0) is 19.4 Å². The first-order valence-electron chi connectivity index (χ1n) is 12.0. The molecule has 0 fully saturated rings. The van der Waals surface area contributed by atoms with Crippen molar-refractivity contribution in [1.29, 1.82) is 0 Å². The van der Waals surface area contributed by atoms with Gasteiger partial charge in [0.05, 0.1) is 31.1 Å². The number of aromatic nitrogens is 1. The fourth-order valence-electron chi connectivity index (χ4n) is 5.30. The molecule has 3 heterocycles. The summed E-state index contributed by atoms with van der Waals surface area (Å²) in [5.41, 5.74) is 4.12. The van der Waals surface area contributed by atoms with Crippen molar-refractivity contribution in [3.8, 4) is 10.8 Å². The van der Waals surface area contributed by atoms with Gasteiger partial charge in [0.15, 0.2) is 0 Å². The molecule has 5 nitrogen and oxygen atoms in total. The number of anilines is 1. The second-order valence-electron chi connectivity index (χ2n) is 9.16. The summed E-state index contributed by atoms with van der Waals surface area (Å²) in [7, 11) is 1.61. The van der Waals surface area contributed by atoms with E-state index < -0.39 is 23.7 Å². The smallest absolute Gasteiger partial charge is 0.323 e. The molecule has 2 aromatic heterocycles. The molecule has 1 aliphatic heterocycles. The summed E-state index contributed by atoms with van der Waals surface area (Å²) in [5, 5.41) is 3.77. The number of carbonyl (C=O) groups is 1. The van der Waals surface area contributed by atoms with E-state index in [9.17, 15) is 13.6 Å². The Morgan fingerprint density at radius 2 is 1.86 bits per heavy atom. The number of hydrogen-bond donors (Lipinski definition) is 1. The largest absolute Gasteiger partial charge is 0.497 e. The van der Waals surface area contributed by atoms with E-state index in [4.69, 9.17) is 4.74 Å². The normalized spacial score (nSPS) is 16.5. The molecule has 2 amide bonds. The Hall–Kier alpha value is -3.65. The van der Waals surface area contributed by atoms with Crippen molar-refractivity contribution in [1.82, 2.24) is 9.47 Å². The van der Waals surface area contributed by atoms with Gasteiger partial charge in [-0.05, 0) is 73.2 Å². The zero-order valence-corrected chi connectivity index (χ0v) is 20.6. The summed E-state index contributed by atoms with van der Waals surface area (Å²) >= 11 is 1.80. The van der Waals surface area contributed by atoms with Gasteiger partial charge >= 0.3 is 6.03 Å². The number of aryl methyl sites for hydroxylation is 1. The molecule has 4 aromatic rings. The highest BCUT2D eigenvalue weighted by atomic mass is 32.1. The predicted molar refractivity (Wildman–Crippen MR) is 136 cm³/mol. The number of hydrogen-bond acceptors (Lipinski definition) is 3. The zero-order chi connectivity index (χ0) is 24.8. The second-order valence-corrected chi connectivity index (χ2v) is 10.2. The number of fused-ring (bicyclic) bond motifs is 5. The van der Waals surface area contributed by atoms with Gasteiger partial charge in [-0.15, -0.1) is 11.3 Å². The van der Waals surface area contributed by atoms with E-state index in [1.807, 2.05) is 42.6 Å². The molecule has 184 valence electrons. The van der Waals surface area contributed by atoms with Gasteiger partial charge in [-0.2, -0.15) is 0 Å². The van der Waals surface area contributed by atoms with Crippen LogP contribution in [0.1, 0.15) is 46.1 Å². The van der Waals surface area contributed by atoms with Crippen LogP contribution >= 0.6 is 11.3 Å². The molecule has 0 saturated carbocycles. The molecule has 1 atom stereocenters. The van der Waals surface area contributed by atoms with Crippen molar-refractivity contribution >= 4 is 23.1 Å². The third-order valence-corrected chi connectivity index (χ3v) is 8.37. The van der Waals surface area contributed by atoms with Crippen LogP contribution in [0.4, 0.5) is 19.3 Å². The molecule has 1 N–H and O–H groups in total. The molecule has 2 aliphatic rings. The maximum absolute atomic E-state index is 14.5. The summed E-state index contributed by atoms with van der Waals surface area (Å²) in [5.74, 6) is -0.580. The molecule has 6 rings (SSSR count). The van der Waals surface area contributed by atoms with Crippen LogP contribution in [0.2, 0.25) is 0 Å². The Labute approximate surface area is 211 Å². The summed E-state index contributed by atoms with van der Waals surface area (Å²) in [6.45, 7) is 0.363. The lowest BCUT2D eigenvalue weighted by atomic mass is 9.95. The summed E-state index contributed by atoms with van der Waals surface area (Å²) < 4.78 is 35.9. The quantitative estimate of drug-likeness (QED) is 0.331. The molecule has 0 saturated heterocycles. The molecule has 36 heavy (non-hydrogen) atoms. The fraction of sp³-hybridized carbons (Fsp3) is 0.250. The van der Waals surface area contributed by atoms with Gasteiger partial charge in [-0.1, -0.05) is 12.1 Å². The number of rotatable bonds is 3. The Morgan fingerprint density at radius 1 is 1.06 bits per heavy atom. The van der Waals surface area contributed by atoms with Gasteiger partial charge in [0, 0.05) is 22.7 Å². The van der Waals surface area contributed by atoms with Gasteiger partial charge in [-0.25, -0.2) is 13.6 Å². The minimum atomic E-state index is -0.683. The highest BCUT2D eigenvalue weighted by molar-refractivity contribution is 7.15. The number of methoxy groups -OCH3 is 1. The Balaban J connectivity index is 1.49. The molecule has 0 unspecified atom stereocenters. The number of ether oxygens (including phenoxy) is 1. The standard InChI is InChI=1S/C28H25F2N3O2S/c1-35-19-11-8-17(9-12-19)26-24-6-4-14-32(24)27-21(20-5-2-3-7-25(20)36-27)16-33(26)28(34)31-23-15-18(29)10-13-22(23)30/h4,6,8-15,26H,2-3,5,7,16H2,1H3,(H,31,34)/t26-/m0/s1. The van der Waals surface area contributed by atoms with Crippen LogP contribution in [0.3, 0.4) is 0 Å². The fourth-order valence-corrected chi connectivity index (χ4v) is 6.71. The number of carbonyl (C=O) groups excluding carboxylic acids is 1. The molecular weight excluding hydrogens is 480 g/mol. The number of benzene rings is 2. The minimum absolute atomic E-state index is 0.180. The lowest BCUT2D eigenvalue weighted by molar-refractivity contribution is 0.194. The van der Waals surface area contributed by atoms with E-state index in [0.717, 1.165) is 59.3 Å². The maximum Gasteiger partial charge on any atom is 0.323 e. The van der Waals surface area contributed by atoms with Crippen molar-refractivity contribution < 1.29 is 18.3 Å². The molecule has 1 aliphatic carbocycles. The first-order valence-corrected chi connectivity index (χ1v) is 12.8. The summed E-state index contributed by atoms with van der Waals surface area (Å²) in [4.78, 5) is 16.9. The van der Waals surface area contributed by atoms with Crippen molar-refractivity contribution in [2.75, 3.05) is 12.4 Å². The zero-order valence-electron chi connectivity index (χ0n) is 19.8. The number of nitrogens with one attached hydrogen (secondary N) is 1. The first-order chi connectivity index (χ1) is 17.5. The molecule has 8 heteroatoms. The van der Waals surface area contributed by atoms with Crippen LogP contribution in [-0.4, -0.2) is 22.6 Å². The lowest BCUT2D eigenvalue weighted by Crippen LogP contribution is -2.38. The maximum atomic E-state index is 14.5.